The zero-order chi connectivity index (χ0) is 17.4. The summed E-state index contributed by atoms with van der Waals surface area (Å²) in [4.78, 5) is 18.7. The van der Waals surface area contributed by atoms with Crippen LogP contribution in [0.2, 0.25) is 5.02 Å². The Morgan fingerprint density at radius 1 is 1.20 bits per heavy atom. The number of fused-ring (bicyclic) bond motifs is 1. The predicted octanol–water partition coefficient (Wildman–Crippen LogP) is 4.49. The highest BCUT2D eigenvalue weighted by atomic mass is 35.5. The van der Waals surface area contributed by atoms with E-state index in [0.29, 0.717) is 12.5 Å². The Morgan fingerprint density at radius 2 is 1.92 bits per heavy atom. The van der Waals surface area contributed by atoms with Gasteiger partial charge in [-0.3, -0.25) is 4.79 Å². The number of aryl methyl sites for hydroxylation is 1. The van der Waals surface area contributed by atoms with Gasteiger partial charge in [-0.2, -0.15) is 0 Å². The molecule has 0 spiro atoms. The van der Waals surface area contributed by atoms with Crippen molar-refractivity contribution in [2.45, 2.75) is 45.1 Å². The summed E-state index contributed by atoms with van der Waals surface area (Å²) in [6.45, 7) is 6.44. The summed E-state index contributed by atoms with van der Waals surface area (Å²) < 4.78 is 1.22. The average Bonchev–Trinajstić information content (AvgIpc) is 3.25. The third kappa shape index (κ3) is 3.57. The molecule has 0 radical (unpaired) electrons. The van der Waals surface area contributed by atoms with Crippen molar-refractivity contribution in [3.8, 4) is 0 Å². The second-order valence-electron chi connectivity index (χ2n) is 7.32. The number of likely N-dealkylation sites (tertiary alicyclic amines) is 2. The molecule has 3 nitrogen and oxygen atoms in total. The van der Waals surface area contributed by atoms with E-state index in [1.807, 2.05) is 12.1 Å². The topological polar surface area (TPSA) is 23.6 Å². The highest BCUT2D eigenvalue weighted by molar-refractivity contribution is 7.19. The number of amides is 1. The average molecular weight is 377 g/mol. The molecule has 3 heterocycles. The molecule has 4 rings (SSSR count). The number of rotatable bonds is 3. The van der Waals surface area contributed by atoms with E-state index in [4.69, 9.17) is 11.6 Å². The van der Waals surface area contributed by atoms with Gasteiger partial charge < -0.3 is 9.80 Å². The van der Waals surface area contributed by atoms with Gasteiger partial charge in [-0.15, -0.1) is 11.3 Å². The molecule has 1 aromatic heterocycles. The number of carbonyl (C=O) groups excluding carboxylic acids is 1. The van der Waals surface area contributed by atoms with E-state index >= 15 is 0 Å². The van der Waals surface area contributed by atoms with Crippen molar-refractivity contribution in [3.05, 3.63) is 33.7 Å². The monoisotopic (exact) mass is 376 g/mol. The molecule has 2 aliphatic heterocycles. The molecule has 0 atom stereocenters. The lowest BCUT2D eigenvalue weighted by atomic mass is 10.0. The highest BCUT2D eigenvalue weighted by Gasteiger charge is 2.28. The Kier molecular flexibility index (Phi) is 5.03. The summed E-state index contributed by atoms with van der Waals surface area (Å²) in [5.41, 5.74) is 1.21. The van der Waals surface area contributed by atoms with Crippen LogP contribution in [0.25, 0.3) is 10.1 Å². The molecule has 2 fully saturated rings. The minimum atomic E-state index is 0.278. The maximum absolute atomic E-state index is 12.8. The van der Waals surface area contributed by atoms with Crippen molar-refractivity contribution in [3.63, 3.8) is 0 Å². The molecule has 0 saturated carbocycles. The molecular weight excluding hydrogens is 352 g/mol. The summed E-state index contributed by atoms with van der Waals surface area (Å²) in [5, 5.41) is 1.95. The maximum Gasteiger partial charge on any atom is 0.227 e. The molecule has 0 N–H and O–H groups in total. The molecule has 0 bridgehead atoms. The normalized spacial score (nSPS) is 19.8. The van der Waals surface area contributed by atoms with Crippen molar-refractivity contribution in [1.82, 2.24) is 9.80 Å². The van der Waals surface area contributed by atoms with Crippen LogP contribution in [-0.4, -0.2) is 47.9 Å². The molecule has 134 valence electrons. The minimum absolute atomic E-state index is 0.278. The van der Waals surface area contributed by atoms with Gasteiger partial charge in [0.05, 0.1) is 6.42 Å². The predicted molar refractivity (Wildman–Crippen MR) is 106 cm³/mol. The maximum atomic E-state index is 12.8. The lowest BCUT2D eigenvalue weighted by Crippen LogP contribution is -2.46. The Labute approximate surface area is 158 Å². The van der Waals surface area contributed by atoms with E-state index in [0.717, 1.165) is 31.0 Å². The van der Waals surface area contributed by atoms with Crippen LogP contribution in [0.4, 0.5) is 0 Å². The summed E-state index contributed by atoms with van der Waals surface area (Å²) >= 11 is 7.85. The molecule has 2 aliphatic rings. The van der Waals surface area contributed by atoms with Crippen LogP contribution in [0, 0.1) is 6.92 Å². The third-order valence-electron chi connectivity index (χ3n) is 5.78. The first-order valence-corrected chi connectivity index (χ1v) is 10.5. The van der Waals surface area contributed by atoms with Gasteiger partial charge in [0, 0.05) is 33.7 Å². The van der Waals surface area contributed by atoms with Crippen molar-refractivity contribution < 1.29 is 4.79 Å². The number of hydrogen-bond acceptors (Lipinski definition) is 3. The van der Waals surface area contributed by atoms with Crippen molar-refractivity contribution in [2.24, 2.45) is 0 Å². The molecule has 1 aromatic carbocycles. The zero-order valence-electron chi connectivity index (χ0n) is 14.8. The van der Waals surface area contributed by atoms with E-state index < -0.39 is 0 Å². The van der Waals surface area contributed by atoms with Crippen LogP contribution in [-0.2, 0) is 11.2 Å². The van der Waals surface area contributed by atoms with Crippen LogP contribution in [0.15, 0.2) is 18.2 Å². The van der Waals surface area contributed by atoms with Gasteiger partial charge >= 0.3 is 0 Å². The fourth-order valence-corrected chi connectivity index (χ4v) is 5.60. The standard InChI is InChI=1S/C20H25ClN2OS/c1-14-17-12-15(21)4-5-18(17)25-19(14)13-20(24)23-10-6-16(7-11-23)22-8-2-3-9-22/h4-5,12,16H,2-3,6-11,13H2,1H3. The smallest absolute Gasteiger partial charge is 0.227 e. The third-order valence-corrected chi connectivity index (χ3v) is 7.29. The van der Waals surface area contributed by atoms with Crippen LogP contribution >= 0.6 is 22.9 Å². The van der Waals surface area contributed by atoms with E-state index in [1.165, 1.54) is 46.5 Å². The zero-order valence-corrected chi connectivity index (χ0v) is 16.3. The van der Waals surface area contributed by atoms with Gasteiger partial charge in [-0.05, 0) is 74.8 Å². The molecule has 1 amide bonds. The van der Waals surface area contributed by atoms with Crippen LogP contribution in [0.3, 0.4) is 0 Å². The summed E-state index contributed by atoms with van der Waals surface area (Å²) in [7, 11) is 0. The van der Waals surface area contributed by atoms with Crippen molar-refractivity contribution in [2.75, 3.05) is 26.2 Å². The van der Waals surface area contributed by atoms with Gasteiger partial charge in [0.1, 0.15) is 0 Å². The van der Waals surface area contributed by atoms with Gasteiger partial charge in [-0.1, -0.05) is 11.6 Å². The van der Waals surface area contributed by atoms with E-state index in [-0.39, 0.29) is 5.91 Å². The number of carbonyl (C=O) groups is 1. The number of hydrogen-bond donors (Lipinski definition) is 0. The summed E-state index contributed by atoms with van der Waals surface area (Å²) in [6.07, 6.45) is 5.47. The largest absolute Gasteiger partial charge is 0.342 e. The Bertz CT molecular complexity index is 773. The Balaban J connectivity index is 1.40. The molecule has 2 saturated heterocycles. The van der Waals surface area contributed by atoms with Crippen LogP contribution in [0.5, 0.6) is 0 Å². The molecule has 0 unspecified atom stereocenters. The first-order chi connectivity index (χ1) is 12.1. The van der Waals surface area contributed by atoms with Gasteiger partial charge in [0.25, 0.3) is 0 Å². The Morgan fingerprint density at radius 3 is 2.64 bits per heavy atom. The minimum Gasteiger partial charge on any atom is -0.342 e. The van der Waals surface area contributed by atoms with E-state index in [1.54, 1.807) is 11.3 Å². The number of thiophene rings is 1. The molecular formula is C20H25ClN2OS. The fraction of sp³-hybridized carbons (Fsp3) is 0.550. The lowest BCUT2D eigenvalue weighted by molar-refractivity contribution is -0.131. The number of benzene rings is 1. The van der Waals surface area contributed by atoms with Crippen LogP contribution in [0.1, 0.15) is 36.1 Å². The number of piperidine rings is 1. The van der Waals surface area contributed by atoms with E-state index in [2.05, 4.69) is 22.8 Å². The number of halogens is 1. The van der Waals surface area contributed by atoms with Crippen molar-refractivity contribution in [1.29, 1.82) is 0 Å². The first kappa shape index (κ1) is 17.3. The SMILES string of the molecule is Cc1c(CC(=O)N2CCC(N3CCCC3)CC2)sc2ccc(Cl)cc12. The molecule has 0 aliphatic carbocycles. The quantitative estimate of drug-likeness (QED) is 0.787. The second kappa shape index (κ2) is 7.26. The summed E-state index contributed by atoms with van der Waals surface area (Å²) in [6, 6.07) is 6.69. The Hall–Kier alpha value is -1.10. The lowest BCUT2D eigenvalue weighted by Gasteiger charge is -2.36. The summed E-state index contributed by atoms with van der Waals surface area (Å²) in [5.74, 6) is 0.278. The highest BCUT2D eigenvalue weighted by Crippen LogP contribution is 2.33. The van der Waals surface area contributed by atoms with Crippen molar-refractivity contribution >= 4 is 38.9 Å². The molecule has 2 aromatic rings. The molecule has 25 heavy (non-hydrogen) atoms. The first-order valence-electron chi connectivity index (χ1n) is 9.31. The van der Waals surface area contributed by atoms with Gasteiger partial charge in [0.2, 0.25) is 5.91 Å². The second-order valence-corrected chi connectivity index (χ2v) is 8.90. The fourth-order valence-electron chi connectivity index (χ4n) is 4.25. The molecule has 5 heteroatoms. The van der Waals surface area contributed by atoms with Crippen LogP contribution < -0.4 is 0 Å². The van der Waals surface area contributed by atoms with E-state index in [9.17, 15) is 4.79 Å². The van der Waals surface area contributed by atoms with Gasteiger partial charge in [-0.25, -0.2) is 0 Å². The number of nitrogens with zero attached hydrogens (tertiary/aromatic N) is 2. The van der Waals surface area contributed by atoms with Gasteiger partial charge in [0.15, 0.2) is 0 Å².